The van der Waals surface area contributed by atoms with Crippen LogP contribution in [0.3, 0.4) is 0 Å². The number of piperazine rings is 1. The van der Waals surface area contributed by atoms with Gasteiger partial charge in [0.15, 0.2) is 0 Å². The van der Waals surface area contributed by atoms with Gasteiger partial charge in [-0.05, 0) is 31.3 Å². The Kier molecular flexibility index (Phi) is 4.47. The normalized spacial score (nSPS) is 15.5. The number of aromatic nitrogens is 2. The third kappa shape index (κ3) is 3.81. The minimum atomic E-state index is -0.367. The highest BCUT2D eigenvalue weighted by atomic mass is 19.1. The van der Waals surface area contributed by atoms with Crippen molar-refractivity contribution in [1.29, 1.82) is 0 Å². The highest BCUT2D eigenvalue weighted by Gasteiger charge is 2.16. The molecule has 1 aliphatic heterocycles. The summed E-state index contributed by atoms with van der Waals surface area (Å²) in [7, 11) is 2.09. The van der Waals surface area contributed by atoms with E-state index in [4.69, 9.17) is 0 Å². The van der Waals surface area contributed by atoms with E-state index in [1.54, 1.807) is 6.20 Å². The second-order valence-corrected chi connectivity index (χ2v) is 5.51. The Balaban J connectivity index is 1.64. The average molecular weight is 315 g/mol. The highest BCUT2D eigenvalue weighted by molar-refractivity contribution is 6.02. The maximum atomic E-state index is 12.8. The van der Waals surface area contributed by atoms with Gasteiger partial charge in [0.05, 0.1) is 12.4 Å². The molecule has 3 rings (SSSR count). The van der Waals surface area contributed by atoms with Crippen LogP contribution in [-0.4, -0.2) is 54.0 Å². The van der Waals surface area contributed by atoms with E-state index in [1.807, 2.05) is 0 Å². The van der Waals surface area contributed by atoms with Gasteiger partial charge >= 0.3 is 0 Å². The standard InChI is InChI=1S/C16H18FN5O/c1-21-6-8-22(9-7-21)15-11-18-14(10-19-15)16(23)20-13-4-2-12(17)3-5-13/h2-5,10-11H,6-9H2,1H3,(H,20,23). The molecule has 2 heterocycles. The van der Waals surface area contributed by atoms with Crippen molar-refractivity contribution in [3.8, 4) is 0 Å². The first-order chi connectivity index (χ1) is 11.1. The number of nitrogens with zero attached hydrogens (tertiary/aromatic N) is 4. The zero-order valence-corrected chi connectivity index (χ0v) is 12.9. The number of likely N-dealkylation sites (N-methyl/N-ethyl adjacent to an activating group) is 1. The number of halogens is 1. The van der Waals surface area contributed by atoms with Crippen molar-refractivity contribution in [2.75, 3.05) is 43.4 Å². The summed E-state index contributed by atoms with van der Waals surface area (Å²) in [6.45, 7) is 3.75. The highest BCUT2D eigenvalue weighted by Crippen LogP contribution is 2.13. The number of carbonyl (C=O) groups is 1. The van der Waals surface area contributed by atoms with Crippen molar-refractivity contribution in [2.45, 2.75) is 0 Å². The minimum Gasteiger partial charge on any atom is -0.353 e. The van der Waals surface area contributed by atoms with E-state index < -0.39 is 0 Å². The zero-order valence-electron chi connectivity index (χ0n) is 12.9. The second kappa shape index (κ2) is 6.70. The number of hydrogen-bond acceptors (Lipinski definition) is 5. The number of carbonyl (C=O) groups excluding carboxylic acids is 1. The van der Waals surface area contributed by atoms with E-state index in [2.05, 4.69) is 32.1 Å². The summed E-state index contributed by atoms with van der Waals surface area (Å²) < 4.78 is 12.8. The van der Waals surface area contributed by atoms with Crippen LogP contribution in [0.15, 0.2) is 36.7 Å². The first-order valence-corrected chi connectivity index (χ1v) is 7.44. The van der Waals surface area contributed by atoms with E-state index in [1.165, 1.54) is 30.5 Å². The smallest absolute Gasteiger partial charge is 0.275 e. The molecule has 1 aromatic heterocycles. The van der Waals surface area contributed by atoms with E-state index in [-0.39, 0.29) is 17.4 Å². The molecule has 7 heteroatoms. The molecule has 0 atom stereocenters. The van der Waals surface area contributed by atoms with Gasteiger partial charge in [0.1, 0.15) is 17.3 Å². The largest absolute Gasteiger partial charge is 0.353 e. The molecule has 1 saturated heterocycles. The lowest BCUT2D eigenvalue weighted by atomic mass is 10.3. The third-order valence-electron chi connectivity index (χ3n) is 3.80. The van der Waals surface area contributed by atoms with Crippen molar-refractivity contribution >= 4 is 17.4 Å². The predicted octanol–water partition coefficient (Wildman–Crippen LogP) is 1.62. The fourth-order valence-electron chi connectivity index (χ4n) is 2.37. The van der Waals surface area contributed by atoms with Gasteiger partial charge in [-0.25, -0.2) is 14.4 Å². The Morgan fingerprint density at radius 2 is 1.78 bits per heavy atom. The van der Waals surface area contributed by atoms with Crippen LogP contribution < -0.4 is 10.2 Å². The summed E-state index contributed by atoms with van der Waals surface area (Å²) in [6, 6.07) is 5.58. The van der Waals surface area contributed by atoms with Gasteiger partial charge in [0, 0.05) is 31.9 Å². The molecule has 1 fully saturated rings. The molecule has 0 unspecified atom stereocenters. The van der Waals surface area contributed by atoms with Gasteiger partial charge in [-0.2, -0.15) is 0 Å². The van der Waals surface area contributed by atoms with Crippen molar-refractivity contribution in [1.82, 2.24) is 14.9 Å². The molecule has 1 aliphatic rings. The monoisotopic (exact) mass is 315 g/mol. The molecule has 1 N–H and O–H groups in total. The maximum absolute atomic E-state index is 12.8. The Labute approximate surface area is 134 Å². The number of amides is 1. The average Bonchev–Trinajstić information content (AvgIpc) is 2.58. The lowest BCUT2D eigenvalue weighted by molar-refractivity contribution is 0.102. The summed E-state index contributed by atoms with van der Waals surface area (Å²) in [5.41, 5.74) is 0.744. The lowest BCUT2D eigenvalue weighted by Gasteiger charge is -2.32. The first kappa shape index (κ1) is 15.4. The third-order valence-corrected chi connectivity index (χ3v) is 3.80. The number of rotatable bonds is 3. The van der Waals surface area contributed by atoms with E-state index in [0.717, 1.165) is 32.0 Å². The number of hydrogen-bond donors (Lipinski definition) is 1. The summed E-state index contributed by atoms with van der Waals surface area (Å²) in [4.78, 5) is 25.0. The van der Waals surface area contributed by atoms with Crippen molar-refractivity contribution < 1.29 is 9.18 Å². The molecule has 0 bridgehead atoms. The van der Waals surface area contributed by atoms with Gasteiger partial charge in [-0.3, -0.25) is 4.79 Å². The van der Waals surface area contributed by atoms with Crippen molar-refractivity contribution in [3.63, 3.8) is 0 Å². The van der Waals surface area contributed by atoms with Crippen molar-refractivity contribution in [3.05, 3.63) is 48.2 Å². The van der Waals surface area contributed by atoms with Crippen LogP contribution in [0.5, 0.6) is 0 Å². The molecule has 0 spiro atoms. The van der Waals surface area contributed by atoms with Gasteiger partial charge in [-0.1, -0.05) is 0 Å². The molecule has 1 amide bonds. The Morgan fingerprint density at radius 1 is 1.09 bits per heavy atom. The first-order valence-electron chi connectivity index (χ1n) is 7.44. The summed E-state index contributed by atoms with van der Waals surface area (Å²) in [5.74, 6) is 0.0600. The number of nitrogens with one attached hydrogen (secondary N) is 1. The SMILES string of the molecule is CN1CCN(c2cnc(C(=O)Nc3ccc(F)cc3)cn2)CC1. The molecule has 2 aromatic rings. The number of anilines is 2. The minimum absolute atomic E-state index is 0.229. The van der Waals surface area contributed by atoms with Crippen LogP contribution >= 0.6 is 0 Å². The van der Waals surface area contributed by atoms with Crippen LogP contribution in [0.4, 0.5) is 15.9 Å². The molecule has 0 aliphatic carbocycles. The molecule has 0 radical (unpaired) electrons. The molecule has 120 valence electrons. The summed E-state index contributed by atoms with van der Waals surface area (Å²) >= 11 is 0. The predicted molar refractivity (Wildman–Crippen MR) is 86.1 cm³/mol. The Bertz CT molecular complexity index is 666. The van der Waals surface area contributed by atoms with Crippen LogP contribution in [-0.2, 0) is 0 Å². The van der Waals surface area contributed by atoms with Crippen LogP contribution in [0.2, 0.25) is 0 Å². The van der Waals surface area contributed by atoms with Gasteiger partial charge in [-0.15, -0.1) is 0 Å². The Morgan fingerprint density at radius 3 is 2.39 bits per heavy atom. The summed E-state index contributed by atoms with van der Waals surface area (Å²) in [5, 5.41) is 2.66. The van der Waals surface area contributed by atoms with E-state index >= 15 is 0 Å². The fourth-order valence-corrected chi connectivity index (χ4v) is 2.37. The van der Waals surface area contributed by atoms with Crippen molar-refractivity contribution in [2.24, 2.45) is 0 Å². The quantitative estimate of drug-likeness (QED) is 0.932. The second-order valence-electron chi connectivity index (χ2n) is 5.51. The zero-order chi connectivity index (χ0) is 16.2. The maximum Gasteiger partial charge on any atom is 0.275 e. The van der Waals surface area contributed by atoms with E-state index in [9.17, 15) is 9.18 Å². The summed E-state index contributed by atoms with van der Waals surface area (Å²) in [6.07, 6.45) is 3.08. The van der Waals surface area contributed by atoms with Crippen LogP contribution in [0, 0.1) is 5.82 Å². The molecule has 6 nitrogen and oxygen atoms in total. The van der Waals surface area contributed by atoms with Crippen LogP contribution in [0.1, 0.15) is 10.5 Å². The van der Waals surface area contributed by atoms with Gasteiger partial charge in [0.25, 0.3) is 5.91 Å². The van der Waals surface area contributed by atoms with Gasteiger partial charge < -0.3 is 15.1 Å². The number of benzene rings is 1. The Hall–Kier alpha value is -2.54. The molecule has 0 saturated carbocycles. The van der Waals surface area contributed by atoms with E-state index in [0.29, 0.717) is 5.69 Å². The lowest BCUT2D eigenvalue weighted by Crippen LogP contribution is -2.44. The fraction of sp³-hybridized carbons (Fsp3) is 0.312. The molecule has 1 aromatic carbocycles. The topological polar surface area (TPSA) is 61.4 Å². The molecular formula is C16H18FN5O. The van der Waals surface area contributed by atoms with Gasteiger partial charge in [0.2, 0.25) is 0 Å². The van der Waals surface area contributed by atoms with Crippen LogP contribution in [0.25, 0.3) is 0 Å². The molecule has 23 heavy (non-hydrogen) atoms. The molecular weight excluding hydrogens is 297 g/mol.